The molecule has 0 saturated heterocycles. The number of carbonyl (C=O) groups is 1. The summed E-state index contributed by atoms with van der Waals surface area (Å²) in [5, 5.41) is 7.39. The molecule has 3 N–H and O–H groups in total. The Bertz CT molecular complexity index is 1190. The summed E-state index contributed by atoms with van der Waals surface area (Å²) < 4.78 is 0. The highest BCUT2D eigenvalue weighted by Crippen LogP contribution is 2.30. The number of amides is 2. The third-order valence-corrected chi connectivity index (χ3v) is 5.68. The summed E-state index contributed by atoms with van der Waals surface area (Å²) >= 11 is 6.09. The molecule has 4 rings (SSSR count). The number of hydrogen-bond acceptors (Lipinski definition) is 4. The Hall–Kier alpha value is -3.45. The number of unbranched alkanes of at least 4 members (excludes halogenated alkanes) is 3. The van der Waals surface area contributed by atoms with Gasteiger partial charge in [0.2, 0.25) is 0 Å². The fourth-order valence-electron chi connectivity index (χ4n) is 3.84. The SMILES string of the molecule is O=C(NCCCCCCc1c(-c2nccc(Cl)n2)[nH]c2ccccc12)NCc1cccnc1. The number of nitrogens with zero attached hydrogens (tertiary/aromatic N) is 3. The number of halogens is 1. The highest BCUT2D eigenvalue weighted by Gasteiger charge is 2.15. The van der Waals surface area contributed by atoms with E-state index in [2.05, 4.69) is 42.7 Å². The number of hydrogen-bond donors (Lipinski definition) is 3. The maximum Gasteiger partial charge on any atom is 0.315 e. The lowest BCUT2D eigenvalue weighted by molar-refractivity contribution is 0.240. The molecule has 3 aromatic heterocycles. The van der Waals surface area contributed by atoms with Crippen molar-refractivity contribution < 1.29 is 4.79 Å². The topological polar surface area (TPSA) is 95.6 Å². The molecule has 170 valence electrons. The van der Waals surface area contributed by atoms with E-state index in [0.29, 0.717) is 24.1 Å². The first kappa shape index (κ1) is 22.7. The van der Waals surface area contributed by atoms with Gasteiger partial charge in [-0.25, -0.2) is 14.8 Å². The molecule has 0 aliphatic rings. The Kier molecular flexibility index (Phi) is 7.87. The second kappa shape index (κ2) is 11.4. The molecule has 0 radical (unpaired) electrons. The Morgan fingerprint density at radius 1 is 0.970 bits per heavy atom. The number of carbonyl (C=O) groups excluding carboxylic acids is 1. The molecule has 2 amide bonds. The largest absolute Gasteiger partial charge is 0.352 e. The molecule has 8 heteroatoms. The zero-order valence-electron chi connectivity index (χ0n) is 18.4. The molecule has 0 spiro atoms. The van der Waals surface area contributed by atoms with Gasteiger partial charge in [0.1, 0.15) is 5.15 Å². The van der Waals surface area contributed by atoms with Crippen molar-refractivity contribution in [3.05, 3.63) is 77.3 Å². The van der Waals surface area contributed by atoms with E-state index in [9.17, 15) is 4.79 Å². The van der Waals surface area contributed by atoms with E-state index >= 15 is 0 Å². The van der Waals surface area contributed by atoms with Crippen molar-refractivity contribution in [1.82, 2.24) is 30.6 Å². The van der Waals surface area contributed by atoms with Crippen LogP contribution in [0.15, 0.2) is 61.1 Å². The van der Waals surface area contributed by atoms with Crippen LogP contribution >= 0.6 is 11.6 Å². The normalized spacial score (nSPS) is 10.9. The summed E-state index contributed by atoms with van der Waals surface area (Å²) in [5.74, 6) is 0.621. The number of rotatable bonds is 10. The van der Waals surface area contributed by atoms with Crippen molar-refractivity contribution >= 4 is 28.5 Å². The summed E-state index contributed by atoms with van der Waals surface area (Å²) in [6.07, 6.45) is 10.2. The van der Waals surface area contributed by atoms with E-state index < -0.39 is 0 Å². The minimum absolute atomic E-state index is 0.149. The molecule has 0 atom stereocenters. The Morgan fingerprint density at radius 3 is 2.70 bits per heavy atom. The van der Waals surface area contributed by atoms with Gasteiger partial charge in [-0.3, -0.25) is 4.98 Å². The molecular formula is C25H27ClN6O. The molecular weight excluding hydrogens is 436 g/mol. The van der Waals surface area contributed by atoms with Crippen molar-refractivity contribution in [3.8, 4) is 11.5 Å². The average molecular weight is 463 g/mol. The first-order valence-electron chi connectivity index (χ1n) is 11.2. The van der Waals surface area contributed by atoms with E-state index in [1.165, 1.54) is 10.9 Å². The molecule has 0 saturated carbocycles. The lowest BCUT2D eigenvalue weighted by Gasteiger charge is -2.08. The number of para-hydroxylation sites is 1. The van der Waals surface area contributed by atoms with Gasteiger partial charge in [0, 0.05) is 42.6 Å². The molecule has 0 bridgehead atoms. The molecule has 0 aliphatic carbocycles. The molecule has 0 fully saturated rings. The van der Waals surface area contributed by atoms with Gasteiger partial charge in [-0.15, -0.1) is 0 Å². The quantitative estimate of drug-likeness (QED) is 0.221. The van der Waals surface area contributed by atoms with Crippen LogP contribution < -0.4 is 10.6 Å². The number of fused-ring (bicyclic) bond motifs is 1. The highest BCUT2D eigenvalue weighted by molar-refractivity contribution is 6.29. The van der Waals surface area contributed by atoms with Crippen molar-refractivity contribution in [1.29, 1.82) is 0 Å². The molecule has 7 nitrogen and oxygen atoms in total. The lowest BCUT2D eigenvalue weighted by atomic mass is 10.0. The van der Waals surface area contributed by atoms with E-state index in [0.717, 1.165) is 48.9 Å². The first-order valence-corrected chi connectivity index (χ1v) is 11.6. The fraction of sp³-hybridized carbons (Fsp3) is 0.280. The van der Waals surface area contributed by atoms with Gasteiger partial charge in [-0.05, 0) is 48.6 Å². The number of aromatic nitrogens is 4. The monoisotopic (exact) mass is 462 g/mol. The molecule has 1 aromatic carbocycles. The molecule has 0 aliphatic heterocycles. The van der Waals surface area contributed by atoms with E-state index in [1.54, 1.807) is 24.7 Å². The number of aromatic amines is 1. The van der Waals surface area contributed by atoms with Crippen LogP contribution in [0, 0.1) is 0 Å². The third-order valence-electron chi connectivity index (χ3n) is 5.47. The minimum atomic E-state index is -0.149. The van der Waals surface area contributed by atoms with Crippen LogP contribution in [0.2, 0.25) is 5.15 Å². The number of urea groups is 1. The van der Waals surface area contributed by atoms with Gasteiger partial charge in [-0.1, -0.05) is 48.7 Å². The fourth-order valence-corrected chi connectivity index (χ4v) is 3.97. The summed E-state index contributed by atoms with van der Waals surface area (Å²) in [6.45, 7) is 1.14. The predicted molar refractivity (Wildman–Crippen MR) is 131 cm³/mol. The first-order chi connectivity index (χ1) is 16.2. The summed E-state index contributed by atoms with van der Waals surface area (Å²) in [4.78, 5) is 28.2. The number of benzene rings is 1. The third kappa shape index (κ3) is 6.29. The zero-order valence-corrected chi connectivity index (χ0v) is 19.1. The van der Waals surface area contributed by atoms with Crippen LogP contribution in [0.4, 0.5) is 4.79 Å². The second-order valence-corrected chi connectivity index (χ2v) is 8.25. The highest BCUT2D eigenvalue weighted by atomic mass is 35.5. The zero-order chi connectivity index (χ0) is 22.9. The number of H-pyrrole nitrogens is 1. The molecule has 33 heavy (non-hydrogen) atoms. The van der Waals surface area contributed by atoms with Gasteiger partial charge in [0.05, 0.1) is 5.69 Å². The lowest BCUT2D eigenvalue weighted by Crippen LogP contribution is -2.35. The summed E-state index contributed by atoms with van der Waals surface area (Å²) in [6, 6.07) is 13.6. The van der Waals surface area contributed by atoms with Crippen molar-refractivity contribution in [2.24, 2.45) is 0 Å². The van der Waals surface area contributed by atoms with E-state index in [-0.39, 0.29) is 6.03 Å². The van der Waals surface area contributed by atoms with Crippen LogP contribution in [0.3, 0.4) is 0 Å². The van der Waals surface area contributed by atoms with Crippen LogP contribution in [0.1, 0.15) is 36.8 Å². The van der Waals surface area contributed by atoms with Crippen molar-refractivity contribution in [3.63, 3.8) is 0 Å². The van der Waals surface area contributed by atoms with Crippen LogP contribution in [0.5, 0.6) is 0 Å². The van der Waals surface area contributed by atoms with Crippen LogP contribution in [-0.2, 0) is 13.0 Å². The second-order valence-electron chi connectivity index (χ2n) is 7.86. The van der Waals surface area contributed by atoms with Gasteiger partial charge in [0.15, 0.2) is 5.82 Å². The summed E-state index contributed by atoms with van der Waals surface area (Å²) in [5.41, 5.74) is 4.21. The van der Waals surface area contributed by atoms with Gasteiger partial charge >= 0.3 is 6.03 Å². The van der Waals surface area contributed by atoms with Crippen molar-refractivity contribution in [2.75, 3.05) is 6.54 Å². The number of aryl methyl sites for hydroxylation is 1. The number of pyridine rings is 1. The summed E-state index contributed by atoms with van der Waals surface area (Å²) in [7, 11) is 0. The minimum Gasteiger partial charge on any atom is -0.352 e. The van der Waals surface area contributed by atoms with E-state index in [1.807, 2.05) is 24.3 Å². The molecule has 4 aromatic rings. The van der Waals surface area contributed by atoms with Crippen LogP contribution in [0.25, 0.3) is 22.4 Å². The van der Waals surface area contributed by atoms with Crippen LogP contribution in [-0.4, -0.2) is 32.5 Å². The predicted octanol–water partition coefficient (Wildman–Crippen LogP) is 5.28. The maximum atomic E-state index is 11.9. The van der Waals surface area contributed by atoms with Crippen molar-refractivity contribution in [2.45, 2.75) is 38.6 Å². The Balaban J connectivity index is 1.23. The number of nitrogens with one attached hydrogen (secondary N) is 3. The van der Waals surface area contributed by atoms with Gasteiger partial charge in [-0.2, -0.15) is 0 Å². The molecule has 0 unspecified atom stereocenters. The van der Waals surface area contributed by atoms with E-state index in [4.69, 9.17) is 11.6 Å². The Labute approximate surface area is 198 Å². The average Bonchev–Trinajstić information content (AvgIpc) is 3.21. The maximum absolute atomic E-state index is 11.9. The van der Waals surface area contributed by atoms with Gasteiger partial charge in [0.25, 0.3) is 0 Å². The van der Waals surface area contributed by atoms with Gasteiger partial charge < -0.3 is 15.6 Å². The Morgan fingerprint density at radius 2 is 1.85 bits per heavy atom. The standard InChI is InChI=1S/C25H27ClN6O/c26-22-12-15-28-24(32-22)23-20(19-9-4-5-11-21(19)31-23)10-3-1-2-6-14-29-25(33)30-17-18-8-7-13-27-16-18/h4-5,7-9,11-13,15-16,31H,1-3,6,10,14,17H2,(H2,29,30,33). The molecule has 3 heterocycles. The smallest absolute Gasteiger partial charge is 0.315 e.